The van der Waals surface area contributed by atoms with Gasteiger partial charge in [0.05, 0.1) is 0 Å². The molecule has 0 aliphatic rings. The summed E-state index contributed by atoms with van der Waals surface area (Å²) in [4.78, 5) is 2.29. The van der Waals surface area contributed by atoms with Crippen molar-refractivity contribution < 1.29 is 0 Å². The molecule has 1 aromatic rings. The second-order valence-corrected chi connectivity index (χ2v) is 4.23. The number of hydrogen-bond donors (Lipinski definition) is 1. The van der Waals surface area contributed by atoms with Gasteiger partial charge in [-0.1, -0.05) is 11.4 Å². The fourth-order valence-corrected chi connectivity index (χ4v) is 1.73. The summed E-state index contributed by atoms with van der Waals surface area (Å²) in [6, 6.07) is 0.585. The molecule has 0 aromatic carbocycles. The smallest absolute Gasteiger partial charge is 0.134 e. The van der Waals surface area contributed by atoms with Crippen LogP contribution in [0.3, 0.4) is 0 Å². The van der Waals surface area contributed by atoms with E-state index in [-0.39, 0.29) is 0 Å². The number of hydrogen-bond acceptors (Lipinski definition) is 5. The third kappa shape index (κ3) is 2.65. The number of aromatic nitrogens is 2. The van der Waals surface area contributed by atoms with Crippen LogP contribution in [0.25, 0.3) is 0 Å². The molecule has 0 spiro atoms. The number of anilines is 1. The van der Waals surface area contributed by atoms with E-state index < -0.39 is 0 Å². The first-order valence-corrected chi connectivity index (χ1v) is 5.65. The van der Waals surface area contributed by atoms with Gasteiger partial charge in [0.1, 0.15) is 10.7 Å². The first-order valence-electron chi connectivity index (χ1n) is 4.88. The lowest BCUT2D eigenvalue weighted by atomic mass is 10.2. The van der Waals surface area contributed by atoms with E-state index in [1.807, 2.05) is 7.05 Å². The van der Waals surface area contributed by atoms with Crippen LogP contribution in [0, 0.1) is 0 Å². The third-order valence-electron chi connectivity index (χ3n) is 2.53. The fraction of sp³-hybridized carbons (Fsp3) is 0.778. The lowest BCUT2D eigenvalue weighted by molar-refractivity contribution is 0.241. The summed E-state index contributed by atoms with van der Waals surface area (Å²) < 4.78 is 3.93. The molecule has 80 valence electrons. The molecule has 0 amide bonds. The maximum Gasteiger partial charge on any atom is 0.134 e. The highest BCUT2D eigenvalue weighted by Crippen LogP contribution is 2.18. The number of rotatable bonds is 5. The van der Waals surface area contributed by atoms with E-state index in [0.717, 1.165) is 23.7 Å². The van der Waals surface area contributed by atoms with Crippen LogP contribution in [0.2, 0.25) is 0 Å². The van der Waals surface area contributed by atoms with Crippen molar-refractivity contribution in [2.45, 2.75) is 32.9 Å². The van der Waals surface area contributed by atoms with Gasteiger partial charge >= 0.3 is 0 Å². The molecule has 0 fully saturated rings. The molecular formula is C9H18N4S. The van der Waals surface area contributed by atoms with E-state index in [0.29, 0.717) is 6.04 Å². The van der Waals surface area contributed by atoms with Gasteiger partial charge in [0.15, 0.2) is 0 Å². The van der Waals surface area contributed by atoms with Gasteiger partial charge in [-0.05, 0) is 20.4 Å². The molecule has 1 aromatic heterocycles. The van der Waals surface area contributed by atoms with Crippen molar-refractivity contribution in [2.24, 2.45) is 0 Å². The van der Waals surface area contributed by atoms with Gasteiger partial charge in [-0.25, -0.2) is 0 Å². The highest BCUT2D eigenvalue weighted by Gasteiger charge is 2.12. The van der Waals surface area contributed by atoms with Crippen LogP contribution >= 0.6 is 11.5 Å². The molecule has 0 saturated carbocycles. The third-order valence-corrected chi connectivity index (χ3v) is 3.31. The minimum Gasteiger partial charge on any atom is -0.377 e. The van der Waals surface area contributed by atoms with Crippen LogP contribution in [0.15, 0.2) is 0 Å². The Morgan fingerprint density at radius 3 is 2.86 bits per heavy atom. The Bertz CT molecular complexity index is 274. The Labute approximate surface area is 89.5 Å². The molecule has 4 nitrogen and oxygen atoms in total. The van der Waals surface area contributed by atoms with Gasteiger partial charge in [0, 0.05) is 31.2 Å². The van der Waals surface area contributed by atoms with Crippen molar-refractivity contribution in [1.29, 1.82) is 0 Å². The topological polar surface area (TPSA) is 41.1 Å². The number of nitrogens with one attached hydrogen (secondary N) is 1. The van der Waals surface area contributed by atoms with Crippen molar-refractivity contribution in [2.75, 3.05) is 19.4 Å². The normalized spacial score (nSPS) is 13.2. The van der Waals surface area contributed by atoms with Gasteiger partial charge in [0.2, 0.25) is 0 Å². The van der Waals surface area contributed by atoms with Crippen molar-refractivity contribution in [3.05, 3.63) is 5.69 Å². The molecular weight excluding hydrogens is 196 g/mol. The van der Waals surface area contributed by atoms with Gasteiger partial charge in [0.25, 0.3) is 0 Å². The van der Waals surface area contributed by atoms with E-state index in [2.05, 4.69) is 40.7 Å². The molecule has 1 N–H and O–H groups in total. The zero-order chi connectivity index (χ0) is 10.6. The SMILES string of the molecule is CCC(C)N(C)Cc1nnsc1NC. The monoisotopic (exact) mass is 214 g/mol. The molecule has 1 atom stereocenters. The average molecular weight is 214 g/mol. The summed E-state index contributed by atoms with van der Waals surface area (Å²) in [5.74, 6) is 0. The summed E-state index contributed by atoms with van der Waals surface area (Å²) >= 11 is 1.41. The molecule has 0 radical (unpaired) electrons. The Hall–Kier alpha value is -0.680. The zero-order valence-corrected chi connectivity index (χ0v) is 10.1. The Kier molecular flexibility index (Phi) is 4.28. The Morgan fingerprint density at radius 2 is 2.29 bits per heavy atom. The van der Waals surface area contributed by atoms with Gasteiger partial charge < -0.3 is 5.32 Å². The standard InChI is InChI=1S/C9H18N4S/c1-5-7(2)13(4)6-8-9(10-3)14-12-11-8/h7,10H,5-6H2,1-4H3. The van der Waals surface area contributed by atoms with Crippen molar-refractivity contribution >= 4 is 16.5 Å². The lowest BCUT2D eigenvalue weighted by Gasteiger charge is -2.22. The molecule has 5 heteroatoms. The second kappa shape index (κ2) is 5.26. The van der Waals surface area contributed by atoms with Crippen molar-refractivity contribution in [3.8, 4) is 0 Å². The van der Waals surface area contributed by atoms with Gasteiger partial charge in [-0.2, -0.15) is 0 Å². The quantitative estimate of drug-likeness (QED) is 0.811. The predicted molar refractivity (Wildman–Crippen MR) is 60.7 cm³/mol. The predicted octanol–water partition coefficient (Wildman–Crippen LogP) is 1.81. The van der Waals surface area contributed by atoms with Crippen LogP contribution in [0.4, 0.5) is 5.00 Å². The summed E-state index contributed by atoms with van der Waals surface area (Å²) in [7, 11) is 4.02. The van der Waals surface area contributed by atoms with E-state index in [9.17, 15) is 0 Å². The van der Waals surface area contributed by atoms with Crippen molar-refractivity contribution in [3.63, 3.8) is 0 Å². The van der Waals surface area contributed by atoms with Crippen LogP contribution in [-0.4, -0.2) is 34.6 Å². The Balaban J connectivity index is 2.59. The maximum absolute atomic E-state index is 4.11. The maximum atomic E-state index is 4.11. The highest BCUT2D eigenvalue weighted by molar-refractivity contribution is 7.10. The van der Waals surface area contributed by atoms with Gasteiger partial charge in [-0.3, -0.25) is 4.90 Å². The Morgan fingerprint density at radius 1 is 1.57 bits per heavy atom. The van der Waals surface area contributed by atoms with Crippen LogP contribution < -0.4 is 5.32 Å². The van der Waals surface area contributed by atoms with Gasteiger partial charge in [-0.15, -0.1) is 5.10 Å². The number of nitrogens with zero attached hydrogens (tertiary/aromatic N) is 3. The molecule has 1 heterocycles. The van der Waals surface area contributed by atoms with Crippen LogP contribution in [-0.2, 0) is 6.54 Å². The first kappa shape index (κ1) is 11.4. The largest absolute Gasteiger partial charge is 0.377 e. The summed E-state index contributed by atoms with van der Waals surface area (Å²) in [6.07, 6.45) is 1.16. The van der Waals surface area contributed by atoms with E-state index >= 15 is 0 Å². The summed E-state index contributed by atoms with van der Waals surface area (Å²) in [6.45, 7) is 5.28. The second-order valence-electron chi connectivity index (χ2n) is 3.47. The molecule has 0 bridgehead atoms. The summed E-state index contributed by atoms with van der Waals surface area (Å²) in [5.41, 5.74) is 1.04. The average Bonchev–Trinajstić information content (AvgIpc) is 2.63. The molecule has 1 unspecified atom stereocenters. The lowest BCUT2D eigenvalue weighted by Crippen LogP contribution is -2.28. The molecule has 0 saturated heterocycles. The van der Waals surface area contributed by atoms with Crippen LogP contribution in [0.1, 0.15) is 26.0 Å². The van der Waals surface area contributed by atoms with E-state index in [4.69, 9.17) is 0 Å². The summed E-state index contributed by atoms with van der Waals surface area (Å²) in [5, 5.41) is 8.28. The molecule has 14 heavy (non-hydrogen) atoms. The molecule has 0 aliphatic heterocycles. The highest BCUT2D eigenvalue weighted by atomic mass is 32.1. The van der Waals surface area contributed by atoms with Crippen LogP contribution in [0.5, 0.6) is 0 Å². The first-order chi connectivity index (χ1) is 6.69. The van der Waals surface area contributed by atoms with Crippen molar-refractivity contribution in [1.82, 2.24) is 14.5 Å². The minimum absolute atomic E-state index is 0.585. The van der Waals surface area contributed by atoms with E-state index in [1.165, 1.54) is 11.5 Å². The molecule has 0 aliphatic carbocycles. The minimum atomic E-state index is 0.585. The molecule has 1 rings (SSSR count). The zero-order valence-electron chi connectivity index (χ0n) is 9.24. The van der Waals surface area contributed by atoms with E-state index in [1.54, 1.807) is 0 Å². The fourth-order valence-electron chi connectivity index (χ4n) is 1.21.